The lowest BCUT2D eigenvalue weighted by Gasteiger charge is -1.95. The molecule has 0 aliphatic carbocycles. The maximum atomic E-state index is 10.7. The third-order valence-electron chi connectivity index (χ3n) is 1.19. The van der Waals surface area contributed by atoms with Crippen molar-refractivity contribution in [2.45, 2.75) is 5.03 Å². The first kappa shape index (κ1) is 8.82. The summed E-state index contributed by atoms with van der Waals surface area (Å²) >= 11 is 0. The summed E-state index contributed by atoms with van der Waals surface area (Å²) in [7, 11) is -3.81. The van der Waals surface area contributed by atoms with E-state index in [1.807, 2.05) is 0 Å². The molecule has 0 saturated carbocycles. The second kappa shape index (κ2) is 3.00. The molecule has 0 bridgehead atoms. The minimum atomic E-state index is -3.81. The number of aldehydes is 1. The van der Waals surface area contributed by atoms with Crippen LogP contribution in [0.5, 0.6) is 0 Å². The van der Waals surface area contributed by atoms with E-state index in [4.69, 9.17) is 5.14 Å². The van der Waals surface area contributed by atoms with E-state index in [-0.39, 0.29) is 10.6 Å². The van der Waals surface area contributed by atoms with Crippen LogP contribution in [0.15, 0.2) is 23.4 Å². The van der Waals surface area contributed by atoms with Gasteiger partial charge in [0.15, 0.2) is 5.03 Å². The van der Waals surface area contributed by atoms with Gasteiger partial charge in [0.25, 0.3) is 10.0 Å². The van der Waals surface area contributed by atoms with Crippen molar-refractivity contribution in [3.63, 3.8) is 0 Å². The molecule has 0 aliphatic heterocycles. The Labute approximate surface area is 69.3 Å². The van der Waals surface area contributed by atoms with E-state index in [1.54, 1.807) is 0 Å². The van der Waals surface area contributed by atoms with Crippen LogP contribution in [0.2, 0.25) is 0 Å². The number of aromatic nitrogens is 1. The summed E-state index contributed by atoms with van der Waals surface area (Å²) in [4.78, 5) is 13.7. The molecule has 0 amide bonds. The maximum absolute atomic E-state index is 10.7. The van der Waals surface area contributed by atoms with Gasteiger partial charge in [-0.3, -0.25) is 4.79 Å². The number of nitrogens with zero attached hydrogens (tertiary/aromatic N) is 1. The van der Waals surface area contributed by atoms with E-state index in [1.165, 1.54) is 12.3 Å². The molecule has 12 heavy (non-hydrogen) atoms. The molecule has 1 heterocycles. The fourth-order valence-corrected chi connectivity index (χ4v) is 1.16. The van der Waals surface area contributed by atoms with Crippen molar-refractivity contribution in [3.8, 4) is 0 Å². The molecule has 0 unspecified atom stereocenters. The van der Waals surface area contributed by atoms with Gasteiger partial charge in [-0.1, -0.05) is 0 Å². The lowest BCUT2D eigenvalue weighted by atomic mass is 10.3. The zero-order chi connectivity index (χ0) is 9.19. The first-order chi connectivity index (χ1) is 5.54. The number of pyridine rings is 1. The van der Waals surface area contributed by atoms with Crippen LogP contribution in [0.3, 0.4) is 0 Å². The maximum Gasteiger partial charge on any atom is 0.255 e. The van der Waals surface area contributed by atoms with Crippen LogP contribution in [0.25, 0.3) is 0 Å². The van der Waals surface area contributed by atoms with E-state index in [0.29, 0.717) is 6.29 Å². The van der Waals surface area contributed by atoms with E-state index < -0.39 is 10.0 Å². The van der Waals surface area contributed by atoms with Crippen molar-refractivity contribution in [3.05, 3.63) is 23.9 Å². The molecule has 0 aromatic carbocycles. The largest absolute Gasteiger partial charge is 0.298 e. The second-order valence-corrected chi connectivity index (χ2v) is 3.60. The minimum Gasteiger partial charge on any atom is -0.298 e. The normalized spacial score (nSPS) is 11.1. The fraction of sp³-hybridized carbons (Fsp3) is 0. The molecule has 0 radical (unpaired) electrons. The molecule has 0 spiro atoms. The van der Waals surface area contributed by atoms with E-state index in [2.05, 4.69) is 4.98 Å². The predicted molar refractivity (Wildman–Crippen MR) is 41.0 cm³/mol. The molecule has 0 fully saturated rings. The van der Waals surface area contributed by atoms with Crippen molar-refractivity contribution < 1.29 is 13.2 Å². The Hall–Kier alpha value is -1.27. The Bertz CT molecular complexity index is 399. The Morgan fingerprint density at radius 2 is 2.17 bits per heavy atom. The van der Waals surface area contributed by atoms with Crippen molar-refractivity contribution >= 4 is 16.3 Å². The molecule has 1 rings (SSSR count). The SMILES string of the molecule is NS(=O)(=O)c1cc(C=O)ccn1. The van der Waals surface area contributed by atoms with Crippen molar-refractivity contribution in [1.29, 1.82) is 0 Å². The molecule has 0 atom stereocenters. The predicted octanol–water partition coefficient (Wildman–Crippen LogP) is -0.458. The van der Waals surface area contributed by atoms with Gasteiger partial charge in [-0.15, -0.1) is 0 Å². The number of rotatable bonds is 2. The summed E-state index contributed by atoms with van der Waals surface area (Å²) in [5.41, 5.74) is 0.231. The van der Waals surface area contributed by atoms with Crippen LogP contribution in [-0.4, -0.2) is 19.7 Å². The van der Waals surface area contributed by atoms with E-state index >= 15 is 0 Å². The molecular weight excluding hydrogens is 180 g/mol. The minimum absolute atomic E-state index is 0.231. The lowest BCUT2D eigenvalue weighted by molar-refractivity contribution is 0.112. The second-order valence-electron chi connectivity index (χ2n) is 2.09. The summed E-state index contributed by atoms with van der Waals surface area (Å²) < 4.78 is 21.4. The first-order valence-electron chi connectivity index (χ1n) is 2.98. The van der Waals surface area contributed by atoms with Gasteiger partial charge in [0.2, 0.25) is 0 Å². The standard InChI is InChI=1S/C6H6N2O3S/c7-12(10,11)6-3-5(4-9)1-2-8-6/h1-4H,(H2,7,10,11). The van der Waals surface area contributed by atoms with Gasteiger partial charge in [-0.2, -0.15) is 0 Å². The van der Waals surface area contributed by atoms with Gasteiger partial charge in [0, 0.05) is 11.8 Å². The number of carbonyl (C=O) groups excluding carboxylic acids is 1. The topological polar surface area (TPSA) is 90.1 Å². The highest BCUT2D eigenvalue weighted by molar-refractivity contribution is 7.89. The first-order valence-corrected chi connectivity index (χ1v) is 4.53. The summed E-state index contributed by atoms with van der Waals surface area (Å²) in [6.45, 7) is 0. The van der Waals surface area contributed by atoms with Gasteiger partial charge in [0.05, 0.1) is 0 Å². The van der Waals surface area contributed by atoms with Crippen LogP contribution in [0, 0.1) is 0 Å². The lowest BCUT2D eigenvalue weighted by Crippen LogP contribution is -2.14. The molecule has 6 heteroatoms. The average Bonchev–Trinajstić information content (AvgIpc) is 2.03. The highest BCUT2D eigenvalue weighted by Crippen LogP contribution is 2.03. The van der Waals surface area contributed by atoms with Crippen LogP contribution in [0.1, 0.15) is 10.4 Å². The van der Waals surface area contributed by atoms with Crippen LogP contribution in [0.4, 0.5) is 0 Å². The number of sulfonamides is 1. The molecule has 1 aromatic rings. The van der Waals surface area contributed by atoms with Crippen LogP contribution < -0.4 is 5.14 Å². The van der Waals surface area contributed by atoms with Crippen molar-refractivity contribution in [2.24, 2.45) is 5.14 Å². The highest BCUT2D eigenvalue weighted by Gasteiger charge is 2.08. The molecule has 0 aliphatic rings. The van der Waals surface area contributed by atoms with Crippen molar-refractivity contribution in [1.82, 2.24) is 4.98 Å². The Kier molecular flexibility index (Phi) is 2.20. The highest BCUT2D eigenvalue weighted by atomic mass is 32.2. The van der Waals surface area contributed by atoms with E-state index in [9.17, 15) is 13.2 Å². The van der Waals surface area contributed by atoms with Crippen molar-refractivity contribution in [2.75, 3.05) is 0 Å². The Morgan fingerprint density at radius 1 is 1.50 bits per heavy atom. The number of hydrogen-bond acceptors (Lipinski definition) is 4. The van der Waals surface area contributed by atoms with Gasteiger partial charge >= 0.3 is 0 Å². The van der Waals surface area contributed by atoms with Gasteiger partial charge in [0.1, 0.15) is 6.29 Å². The van der Waals surface area contributed by atoms with Gasteiger partial charge in [-0.05, 0) is 12.1 Å². The number of nitrogens with two attached hydrogens (primary N) is 1. The van der Waals surface area contributed by atoms with Gasteiger partial charge in [-0.25, -0.2) is 18.5 Å². The third kappa shape index (κ3) is 1.86. The number of carbonyl (C=O) groups is 1. The summed E-state index contributed by atoms with van der Waals surface area (Å²) in [5, 5.41) is 4.48. The molecule has 0 saturated heterocycles. The fourth-order valence-electron chi connectivity index (χ4n) is 0.654. The molecule has 5 nitrogen and oxygen atoms in total. The molecule has 1 aromatic heterocycles. The van der Waals surface area contributed by atoms with E-state index in [0.717, 1.165) is 6.07 Å². The number of primary sulfonamides is 1. The van der Waals surface area contributed by atoms with Gasteiger partial charge < -0.3 is 0 Å². The summed E-state index contributed by atoms with van der Waals surface area (Å²) in [5.74, 6) is 0. The average molecular weight is 186 g/mol. The van der Waals surface area contributed by atoms with Crippen LogP contribution >= 0.6 is 0 Å². The van der Waals surface area contributed by atoms with Crippen LogP contribution in [-0.2, 0) is 10.0 Å². The Balaban J connectivity index is 3.29. The zero-order valence-corrected chi connectivity index (χ0v) is 6.78. The quantitative estimate of drug-likeness (QED) is 0.633. The Morgan fingerprint density at radius 3 is 2.67 bits per heavy atom. The zero-order valence-electron chi connectivity index (χ0n) is 5.97. The summed E-state index contributed by atoms with van der Waals surface area (Å²) in [6.07, 6.45) is 1.74. The molecular formula is C6H6N2O3S. The molecule has 2 N–H and O–H groups in total. The molecule has 64 valence electrons. The third-order valence-corrected chi connectivity index (χ3v) is 1.99. The monoisotopic (exact) mass is 186 g/mol. The smallest absolute Gasteiger partial charge is 0.255 e. The summed E-state index contributed by atoms with van der Waals surface area (Å²) in [6, 6.07) is 2.50. The number of hydrogen-bond donors (Lipinski definition) is 1.